The lowest BCUT2D eigenvalue weighted by atomic mass is 9.48. The standard InChI is InChI=1S/C24H31N/c1-21(2)10-16-11-23(5)13-22(3,4)14-24(15-23)20(16)18(12-21)17-8-6-7-9-19(17)25-24/h6-9,11,25H,10,12-15H2,1-5H3/t23-,24-/m0/s1. The number of fused-ring (bicyclic) bond motifs is 3. The van der Waals surface area contributed by atoms with Crippen LogP contribution in [0.25, 0.3) is 5.57 Å². The number of anilines is 1. The molecule has 2 atom stereocenters. The van der Waals surface area contributed by atoms with Gasteiger partial charge in [0.25, 0.3) is 0 Å². The van der Waals surface area contributed by atoms with Crippen molar-refractivity contribution in [3.63, 3.8) is 0 Å². The SMILES string of the molecule is CC1(C)CC2=C[C@@]3(C)CC(C)(C)C[C@@]4(C3)Nc3ccccc3C(=C24)C1. The first kappa shape index (κ1) is 15.7. The topological polar surface area (TPSA) is 12.0 Å². The van der Waals surface area contributed by atoms with Crippen molar-refractivity contribution in [2.24, 2.45) is 16.2 Å². The summed E-state index contributed by atoms with van der Waals surface area (Å²) in [5, 5.41) is 4.08. The molecule has 1 fully saturated rings. The third-order valence-corrected chi connectivity index (χ3v) is 6.94. The van der Waals surface area contributed by atoms with Crippen LogP contribution >= 0.6 is 0 Å². The molecular formula is C24H31N. The molecule has 1 heterocycles. The number of hydrogen-bond donors (Lipinski definition) is 1. The highest BCUT2D eigenvalue weighted by atomic mass is 15.0. The maximum atomic E-state index is 4.08. The van der Waals surface area contributed by atoms with Gasteiger partial charge >= 0.3 is 0 Å². The summed E-state index contributed by atoms with van der Waals surface area (Å²) in [5.41, 5.74) is 8.96. The second-order valence-electron chi connectivity index (χ2n) is 11.1. The summed E-state index contributed by atoms with van der Waals surface area (Å²) in [5.74, 6) is 0. The molecule has 0 amide bonds. The van der Waals surface area contributed by atoms with Crippen LogP contribution in [0.1, 0.15) is 72.3 Å². The third-order valence-electron chi connectivity index (χ3n) is 6.94. The van der Waals surface area contributed by atoms with Crippen molar-refractivity contribution < 1.29 is 0 Å². The largest absolute Gasteiger partial charge is 0.375 e. The molecule has 132 valence electrons. The molecule has 1 heteroatoms. The molecule has 4 aliphatic rings. The first-order valence-corrected chi connectivity index (χ1v) is 9.94. The van der Waals surface area contributed by atoms with Crippen molar-refractivity contribution >= 4 is 11.3 Å². The molecule has 0 unspecified atom stereocenters. The van der Waals surface area contributed by atoms with Gasteiger partial charge in [0.1, 0.15) is 0 Å². The molecule has 1 spiro atoms. The Balaban J connectivity index is 1.83. The van der Waals surface area contributed by atoms with E-state index in [1.807, 2.05) is 0 Å². The van der Waals surface area contributed by atoms with Gasteiger partial charge in [0, 0.05) is 11.3 Å². The van der Waals surface area contributed by atoms with E-state index in [1.54, 1.807) is 16.7 Å². The van der Waals surface area contributed by atoms with Crippen LogP contribution in [-0.4, -0.2) is 5.54 Å². The Bertz CT molecular complexity index is 837. The van der Waals surface area contributed by atoms with Gasteiger partial charge in [0.15, 0.2) is 0 Å². The van der Waals surface area contributed by atoms with Gasteiger partial charge in [-0.3, -0.25) is 0 Å². The van der Waals surface area contributed by atoms with Crippen LogP contribution in [0.5, 0.6) is 0 Å². The number of para-hydroxylation sites is 1. The molecule has 1 nitrogen and oxygen atoms in total. The third kappa shape index (κ3) is 2.20. The molecule has 0 radical (unpaired) electrons. The molecule has 1 aliphatic heterocycles. The highest BCUT2D eigenvalue weighted by molar-refractivity contribution is 5.88. The Morgan fingerprint density at radius 2 is 1.60 bits per heavy atom. The van der Waals surface area contributed by atoms with Crippen LogP contribution in [0.15, 0.2) is 41.5 Å². The van der Waals surface area contributed by atoms with Gasteiger partial charge in [0.2, 0.25) is 0 Å². The Hall–Kier alpha value is -1.50. The maximum absolute atomic E-state index is 4.08. The number of hydrogen-bond acceptors (Lipinski definition) is 1. The minimum Gasteiger partial charge on any atom is -0.375 e. The smallest absolute Gasteiger partial charge is 0.0644 e. The summed E-state index contributed by atoms with van der Waals surface area (Å²) in [6, 6.07) is 9.02. The van der Waals surface area contributed by atoms with Gasteiger partial charge < -0.3 is 5.32 Å². The van der Waals surface area contributed by atoms with Crippen molar-refractivity contribution in [2.75, 3.05) is 5.32 Å². The van der Waals surface area contributed by atoms with Crippen molar-refractivity contribution in [1.29, 1.82) is 0 Å². The summed E-state index contributed by atoms with van der Waals surface area (Å²) in [6.45, 7) is 12.3. The van der Waals surface area contributed by atoms with Crippen LogP contribution in [0, 0.1) is 16.2 Å². The molecule has 1 aromatic rings. The molecule has 0 aromatic heterocycles. The summed E-state index contributed by atoms with van der Waals surface area (Å²) in [4.78, 5) is 0. The second-order valence-corrected chi connectivity index (χ2v) is 11.1. The normalized spacial score (nSPS) is 36.8. The van der Waals surface area contributed by atoms with E-state index in [-0.39, 0.29) is 5.54 Å². The van der Waals surface area contributed by atoms with E-state index in [0.29, 0.717) is 16.2 Å². The average molecular weight is 334 g/mol. The highest BCUT2D eigenvalue weighted by Gasteiger charge is 2.57. The molecule has 2 bridgehead atoms. The van der Waals surface area contributed by atoms with Crippen molar-refractivity contribution in [2.45, 2.75) is 72.3 Å². The number of allylic oxidation sites excluding steroid dienone is 2. The molecule has 1 N–H and O–H groups in total. The number of rotatable bonds is 0. The fourth-order valence-electron chi connectivity index (χ4n) is 7.13. The van der Waals surface area contributed by atoms with Gasteiger partial charge in [-0.25, -0.2) is 0 Å². The van der Waals surface area contributed by atoms with Crippen LogP contribution in [0.3, 0.4) is 0 Å². The highest BCUT2D eigenvalue weighted by Crippen LogP contribution is 2.65. The van der Waals surface area contributed by atoms with Gasteiger partial charge in [-0.15, -0.1) is 0 Å². The minimum atomic E-state index is 0.140. The van der Waals surface area contributed by atoms with E-state index >= 15 is 0 Å². The lowest BCUT2D eigenvalue weighted by Crippen LogP contribution is -2.57. The van der Waals surface area contributed by atoms with E-state index < -0.39 is 0 Å². The number of nitrogens with one attached hydrogen (secondary N) is 1. The fourth-order valence-corrected chi connectivity index (χ4v) is 7.13. The summed E-state index contributed by atoms with van der Waals surface area (Å²) in [7, 11) is 0. The Morgan fingerprint density at radius 3 is 2.40 bits per heavy atom. The lowest BCUT2D eigenvalue weighted by Gasteiger charge is -2.61. The Kier molecular flexibility index (Phi) is 2.78. The molecule has 0 saturated heterocycles. The first-order chi connectivity index (χ1) is 11.6. The van der Waals surface area contributed by atoms with E-state index in [0.717, 1.165) is 0 Å². The maximum Gasteiger partial charge on any atom is 0.0644 e. The summed E-state index contributed by atoms with van der Waals surface area (Å²) < 4.78 is 0. The number of benzene rings is 1. The van der Waals surface area contributed by atoms with Crippen molar-refractivity contribution in [1.82, 2.24) is 0 Å². The van der Waals surface area contributed by atoms with Crippen LogP contribution < -0.4 is 5.32 Å². The molecule has 3 aliphatic carbocycles. The van der Waals surface area contributed by atoms with Crippen LogP contribution in [0.2, 0.25) is 0 Å². The first-order valence-electron chi connectivity index (χ1n) is 9.94. The predicted octanol–water partition coefficient (Wildman–Crippen LogP) is 6.58. The Labute approximate surface area is 152 Å². The monoisotopic (exact) mass is 333 g/mol. The average Bonchev–Trinajstić information content (AvgIpc) is 2.41. The fraction of sp³-hybridized carbons (Fsp3) is 0.583. The van der Waals surface area contributed by atoms with E-state index in [4.69, 9.17) is 0 Å². The van der Waals surface area contributed by atoms with Gasteiger partial charge in [-0.2, -0.15) is 0 Å². The van der Waals surface area contributed by atoms with Gasteiger partial charge in [0.05, 0.1) is 5.54 Å². The van der Waals surface area contributed by atoms with E-state index in [1.165, 1.54) is 43.4 Å². The molecule has 25 heavy (non-hydrogen) atoms. The summed E-state index contributed by atoms with van der Waals surface area (Å²) >= 11 is 0. The van der Waals surface area contributed by atoms with Crippen molar-refractivity contribution in [3.05, 3.63) is 47.1 Å². The summed E-state index contributed by atoms with van der Waals surface area (Å²) in [6.07, 6.45) is 8.92. The zero-order valence-electron chi connectivity index (χ0n) is 16.4. The quantitative estimate of drug-likeness (QED) is 0.565. The molecule has 1 aromatic carbocycles. The van der Waals surface area contributed by atoms with E-state index in [9.17, 15) is 0 Å². The van der Waals surface area contributed by atoms with Crippen LogP contribution in [0.4, 0.5) is 5.69 Å². The Morgan fingerprint density at radius 1 is 0.840 bits per heavy atom. The molecule has 5 rings (SSSR count). The van der Waals surface area contributed by atoms with Crippen molar-refractivity contribution in [3.8, 4) is 0 Å². The van der Waals surface area contributed by atoms with Crippen LogP contribution in [-0.2, 0) is 0 Å². The molecular weight excluding hydrogens is 302 g/mol. The molecule has 1 saturated carbocycles. The minimum absolute atomic E-state index is 0.140. The van der Waals surface area contributed by atoms with Gasteiger partial charge in [-0.1, -0.05) is 58.9 Å². The van der Waals surface area contributed by atoms with E-state index in [2.05, 4.69) is 70.3 Å². The second kappa shape index (κ2) is 4.42. The zero-order valence-corrected chi connectivity index (χ0v) is 16.4. The predicted molar refractivity (Wildman–Crippen MR) is 107 cm³/mol. The lowest BCUT2D eigenvalue weighted by molar-refractivity contribution is 0.0837. The zero-order chi connectivity index (χ0) is 17.7. The van der Waals surface area contributed by atoms with Gasteiger partial charge in [-0.05, 0) is 71.1 Å².